The summed E-state index contributed by atoms with van der Waals surface area (Å²) in [6, 6.07) is 3.42. The van der Waals surface area contributed by atoms with Crippen molar-refractivity contribution >= 4 is 11.3 Å². The molecule has 1 heterocycles. The Bertz CT molecular complexity index is 306. The number of nitrogens with one attached hydrogen (secondary N) is 1. The highest BCUT2D eigenvalue weighted by Crippen LogP contribution is 2.24. The van der Waals surface area contributed by atoms with Crippen molar-refractivity contribution in [1.29, 1.82) is 0 Å². The minimum absolute atomic E-state index is 0.503. The Morgan fingerprint density at radius 2 is 2.00 bits per heavy atom. The molecule has 1 aromatic rings. The van der Waals surface area contributed by atoms with Gasteiger partial charge in [0, 0.05) is 17.0 Å². The third kappa shape index (κ3) is 4.81. The van der Waals surface area contributed by atoms with Crippen molar-refractivity contribution in [3.8, 4) is 0 Å². The van der Waals surface area contributed by atoms with E-state index in [-0.39, 0.29) is 0 Å². The Morgan fingerprint density at radius 3 is 2.53 bits per heavy atom. The van der Waals surface area contributed by atoms with Crippen LogP contribution in [-0.4, -0.2) is 6.04 Å². The number of rotatable bonds is 8. The quantitative estimate of drug-likeness (QED) is 0.682. The Balaban J connectivity index is 2.51. The lowest BCUT2D eigenvalue weighted by atomic mass is 10.0. The molecule has 0 aromatic carbocycles. The summed E-state index contributed by atoms with van der Waals surface area (Å²) in [5.74, 6) is 0. The van der Waals surface area contributed by atoms with Gasteiger partial charge in [0.1, 0.15) is 0 Å². The molecule has 0 saturated carbocycles. The zero-order valence-corrected chi connectivity index (χ0v) is 12.6. The zero-order valence-electron chi connectivity index (χ0n) is 11.8. The fourth-order valence-corrected chi connectivity index (χ4v) is 3.31. The second-order valence-corrected chi connectivity index (χ2v) is 5.93. The van der Waals surface area contributed by atoms with Gasteiger partial charge < -0.3 is 5.32 Å². The molecule has 2 unspecified atom stereocenters. The molecule has 0 spiro atoms. The van der Waals surface area contributed by atoms with Gasteiger partial charge in [-0.3, -0.25) is 0 Å². The molecule has 0 bridgehead atoms. The highest BCUT2D eigenvalue weighted by molar-refractivity contribution is 7.10. The van der Waals surface area contributed by atoms with Crippen molar-refractivity contribution < 1.29 is 0 Å². The minimum Gasteiger partial charge on any atom is -0.307 e. The van der Waals surface area contributed by atoms with Crippen molar-refractivity contribution in [3.63, 3.8) is 0 Å². The van der Waals surface area contributed by atoms with Gasteiger partial charge in [0.05, 0.1) is 0 Å². The van der Waals surface area contributed by atoms with Crippen molar-refractivity contribution in [2.45, 2.75) is 71.9 Å². The predicted molar refractivity (Wildman–Crippen MR) is 78.8 cm³/mol. The zero-order chi connectivity index (χ0) is 12.7. The maximum absolute atomic E-state index is 3.81. The number of hydrogen-bond donors (Lipinski definition) is 1. The molecule has 0 aliphatic heterocycles. The molecule has 1 nitrogen and oxygen atoms in total. The molecule has 0 amide bonds. The van der Waals surface area contributed by atoms with Gasteiger partial charge in [-0.2, -0.15) is 0 Å². The van der Waals surface area contributed by atoms with Crippen LogP contribution in [0.1, 0.15) is 69.4 Å². The number of thiophene rings is 1. The third-order valence-corrected chi connectivity index (χ3v) is 4.53. The highest BCUT2D eigenvalue weighted by atomic mass is 32.1. The third-order valence-electron chi connectivity index (χ3n) is 3.32. The standard InChI is InChI=1S/C15H27NS/c1-5-7-9-14(8-6-2)16-13(4)15-12(3)10-11-17-15/h10-11,13-14,16H,5-9H2,1-4H3. The van der Waals surface area contributed by atoms with Crippen LogP contribution in [0.4, 0.5) is 0 Å². The van der Waals surface area contributed by atoms with E-state index in [1.54, 1.807) is 0 Å². The first-order valence-electron chi connectivity index (χ1n) is 6.99. The van der Waals surface area contributed by atoms with Crippen LogP contribution in [-0.2, 0) is 0 Å². The maximum atomic E-state index is 3.81. The lowest BCUT2D eigenvalue weighted by Crippen LogP contribution is -2.31. The number of unbranched alkanes of at least 4 members (excludes halogenated alkanes) is 1. The molecule has 0 aliphatic carbocycles. The molecular weight excluding hydrogens is 226 g/mol. The van der Waals surface area contributed by atoms with E-state index in [1.807, 2.05) is 11.3 Å². The minimum atomic E-state index is 0.503. The summed E-state index contributed by atoms with van der Waals surface area (Å²) in [6.07, 6.45) is 6.54. The van der Waals surface area contributed by atoms with E-state index >= 15 is 0 Å². The van der Waals surface area contributed by atoms with Crippen LogP contribution in [0, 0.1) is 6.92 Å². The van der Waals surface area contributed by atoms with Crippen LogP contribution in [0.5, 0.6) is 0 Å². The fourth-order valence-electron chi connectivity index (χ4n) is 2.37. The van der Waals surface area contributed by atoms with Gasteiger partial charge in [0.25, 0.3) is 0 Å². The summed E-state index contributed by atoms with van der Waals surface area (Å²) >= 11 is 1.88. The van der Waals surface area contributed by atoms with E-state index in [9.17, 15) is 0 Å². The van der Waals surface area contributed by atoms with Gasteiger partial charge >= 0.3 is 0 Å². The maximum Gasteiger partial charge on any atom is 0.0390 e. The van der Waals surface area contributed by atoms with E-state index < -0.39 is 0 Å². The summed E-state index contributed by atoms with van der Waals surface area (Å²) in [5, 5.41) is 6.00. The molecular formula is C15H27NS. The first-order chi connectivity index (χ1) is 8.19. The first kappa shape index (κ1) is 14.7. The van der Waals surface area contributed by atoms with Crippen LogP contribution in [0.2, 0.25) is 0 Å². The lowest BCUT2D eigenvalue weighted by molar-refractivity contribution is 0.398. The highest BCUT2D eigenvalue weighted by Gasteiger charge is 2.14. The second-order valence-electron chi connectivity index (χ2n) is 4.98. The van der Waals surface area contributed by atoms with Gasteiger partial charge in [-0.05, 0) is 43.7 Å². The summed E-state index contributed by atoms with van der Waals surface area (Å²) in [5.41, 5.74) is 1.43. The summed E-state index contributed by atoms with van der Waals surface area (Å²) in [6.45, 7) is 9.07. The number of hydrogen-bond acceptors (Lipinski definition) is 2. The normalized spacial score (nSPS) is 14.8. The smallest absolute Gasteiger partial charge is 0.0390 e. The molecule has 1 N–H and O–H groups in total. The van der Waals surface area contributed by atoms with Crippen LogP contribution >= 0.6 is 11.3 Å². The van der Waals surface area contributed by atoms with E-state index in [0.717, 1.165) is 0 Å². The number of aryl methyl sites for hydroxylation is 1. The van der Waals surface area contributed by atoms with Gasteiger partial charge in [-0.25, -0.2) is 0 Å². The van der Waals surface area contributed by atoms with Crippen LogP contribution < -0.4 is 5.32 Å². The lowest BCUT2D eigenvalue weighted by Gasteiger charge is -2.23. The average molecular weight is 253 g/mol. The molecule has 0 fully saturated rings. The largest absolute Gasteiger partial charge is 0.307 e. The van der Waals surface area contributed by atoms with Crippen molar-refractivity contribution in [3.05, 3.63) is 21.9 Å². The monoisotopic (exact) mass is 253 g/mol. The van der Waals surface area contributed by atoms with Crippen LogP contribution in [0.25, 0.3) is 0 Å². The molecule has 1 aromatic heterocycles. The Hall–Kier alpha value is -0.340. The first-order valence-corrected chi connectivity index (χ1v) is 7.87. The molecule has 2 atom stereocenters. The average Bonchev–Trinajstić information content (AvgIpc) is 2.72. The SMILES string of the molecule is CCCCC(CCC)NC(C)c1sccc1C. The Labute approximate surface area is 111 Å². The van der Waals surface area contributed by atoms with E-state index in [4.69, 9.17) is 0 Å². The molecule has 0 radical (unpaired) electrons. The van der Waals surface area contributed by atoms with E-state index in [1.165, 1.54) is 42.5 Å². The van der Waals surface area contributed by atoms with E-state index in [0.29, 0.717) is 12.1 Å². The summed E-state index contributed by atoms with van der Waals surface area (Å²) in [4.78, 5) is 1.50. The predicted octanol–water partition coefficient (Wildman–Crippen LogP) is 5.07. The molecule has 2 heteroatoms. The molecule has 0 saturated heterocycles. The van der Waals surface area contributed by atoms with Gasteiger partial charge in [-0.1, -0.05) is 33.1 Å². The Morgan fingerprint density at radius 1 is 1.24 bits per heavy atom. The second kappa shape index (κ2) is 7.88. The van der Waals surface area contributed by atoms with Crippen molar-refractivity contribution in [2.75, 3.05) is 0 Å². The molecule has 0 aliphatic rings. The van der Waals surface area contributed by atoms with Crippen LogP contribution in [0.15, 0.2) is 11.4 Å². The topological polar surface area (TPSA) is 12.0 Å². The summed E-state index contributed by atoms with van der Waals surface area (Å²) in [7, 11) is 0. The molecule has 17 heavy (non-hydrogen) atoms. The van der Waals surface area contributed by atoms with Gasteiger partial charge in [-0.15, -0.1) is 11.3 Å². The van der Waals surface area contributed by atoms with Crippen molar-refractivity contribution in [2.24, 2.45) is 0 Å². The van der Waals surface area contributed by atoms with Gasteiger partial charge in [0.2, 0.25) is 0 Å². The Kier molecular flexibility index (Phi) is 6.83. The van der Waals surface area contributed by atoms with Crippen LogP contribution in [0.3, 0.4) is 0 Å². The molecule has 1 rings (SSSR count). The van der Waals surface area contributed by atoms with Crippen molar-refractivity contribution in [1.82, 2.24) is 5.32 Å². The molecule has 98 valence electrons. The van der Waals surface area contributed by atoms with E-state index in [2.05, 4.69) is 44.5 Å². The summed E-state index contributed by atoms with van der Waals surface area (Å²) < 4.78 is 0. The fraction of sp³-hybridized carbons (Fsp3) is 0.733. The van der Waals surface area contributed by atoms with Gasteiger partial charge in [0.15, 0.2) is 0 Å².